The fourth-order valence-electron chi connectivity index (χ4n) is 4.11. The second-order valence-corrected chi connectivity index (χ2v) is 7.01. The number of carbonyl (C=O) groups is 1. The number of likely N-dealkylation sites (N-methyl/N-ethyl adjacent to an activating group) is 1. The van der Waals surface area contributed by atoms with E-state index in [0.29, 0.717) is 5.92 Å². The molecule has 3 nitrogen and oxygen atoms in total. The van der Waals surface area contributed by atoms with E-state index in [1.54, 1.807) is 11.1 Å². The molecule has 0 saturated carbocycles. The van der Waals surface area contributed by atoms with Crippen LogP contribution in [-0.2, 0) is 4.79 Å². The van der Waals surface area contributed by atoms with Crippen LogP contribution >= 0.6 is 0 Å². The van der Waals surface area contributed by atoms with Crippen molar-refractivity contribution in [1.29, 1.82) is 0 Å². The van der Waals surface area contributed by atoms with Gasteiger partial charge < -0.3 is 5.73 Å². The molecule has 1 aliphatic heterocycles. The monoisotopic (exact) mass is 300 g/mol. The van der Waals surface area contributed by atoms with E-state index in [-0.39, 0.29) is 11.9 Å². The van der Waals surface area contributed by atoms with Crippen molar-refractivity contribution in [3.8, 4) is 0 Å². The number of piperidine rings is 1. The lowest BCUT2D eigenvalue weighted by molar-refractivity contribution is -0.124. The Kier molecular flexibility index (Phi) is 4.82. The smallest absolute Gasteiger partial charge is 0.234 e. The molecule has 0 bridgehead atoms. The van der Waals surface area contributed by atoms with Crippen LogP contribution in [-0.4, -0.2) is 30.4 Å². The van der Waals surface area contributed by atoms with E-state index in [1.807, 2.05) is 7.05 Å². The van der Waals surface area contributed by atoms with Crippen molar-refractivity contribution in [2.45, 2.75) is 57.4 Å². The number of nitrogens with zero attached hydrogens (tertiary/aromatic N) is 1. The van der Waals surface area contributed by atoms with Gasteiger partial charge in [0.2, 0.25) is 5.91 Å². The zero-order valence-electron chi connectivity index (χ0n) is 13.7. The van der Waals surface area contributed by atoms with Crippen LogP contribution in [0.3, 0.4) is 0 Å². The normalized spacial score (nSPS) is 30.3. The Morgan fingerprint density at radius 1 is 1.18 bits per heavy atom. The van der Waals surface area contributed by atoms with Crippen molar-refractivity contribution < 1.29 is 4.79 Å². The molecule has 0 radical (unpaired) electrons. The molecule has 0 aromatic rings. The average Bonchev–Trinajstić information content (AvgIpc) is 2.56. The highest BCUT2D eigenvalue weighted by Gasteiger charge is 2.31. The molecule has 1 saturated heterocycles. The third-order valence-electron chi connectivity index (χ3n) is 5.51. The molecule has 2 atom stereocenters. The summed E-state index contributed by atoms with van der Waals surface area (Å²) < 4.78 is 0. The predicted molar refractivity (Wildman–Crippen MR) is 90.3 cm³/mol. The molecule has 120 valence electrons. The lowest BCUT2D eigenvalue weighted by Crippen LogP contribution is -2.48. The number of allylic oxidation sites excluding steroid dienone is 6. The first-order valence-electron chi connectivity index (χ1n) is 8.74. The van der Waals surface area contributed by atoms with Gasteiger partial charge in [0.25, 0.3) is 0 Å². The second kappa shape index (κ2) is 6.82. The van der Waals surface area contributed by atoms with Crippen LogP contribution in [0.1, 0.15) is 51.4 Å². The van der Waals surface area contributed by atoms with Gasteiger partial charge in [-0.1, -0.05) is 18.2 Å². The lowest BCUT2D eigenvalue weighted by Gasteiger charge is -2.36. The molecule has 1 fully saturated rings. The number of primary amides is 1. The molecule has 0 spiro atoms. The van der Waals surface area contributed by atoms with Gasteiger partial charge in [0.15, 0.2) is 0 Å². The topological polar surface area (TPSA) is 46.3 Å². The first-order chi connectivity index (χ1) is 10.6. The highest BCUT2D eigenvalue weighted by molar-refractivity contribution is 5.80. The van der Waals surface area contributed by atoms with Gasteiger partial charge in [-0.25, -0.2) is 0 Å². The van der Waals surface area contributed by atoms with E-state index in [4.69, 9.17) is 5.73 Å². The summed E-state index contributed by atoms with van der Waals surface area (Å²) in [4.78, 5) is 13.7. The van der Waals surface area contributed by atoms with Crippen molar-refractivity contribution in [2.24, 2.45) is 11.7 Å². The van der Waals surface area contributed by atoms with Crippen LogP contribution in [0.5, 0.6) is 0 Å². The van der Waals surface area contributed by atoms with Crippen molar-refractivity contribution in [2.75, 3.05) is 13.6 Å². The van der Waals surface area contributed by atoms with Gasteiger partial charge in [-0.2, -0.15) is 0 Å². The summed E-state index contributed by atoms with van der Waals surface area (Å²) in [6.07, 6.45) is 16.8. The molecule has 1 heterocycles. The summed E-state index contributed by atoms with van der Waals surface area (Å²) in [7, 11) is 2.01. The summed E-state index contributed by atoms with van der Waals surface area (Å²) >= 11 is 0. The van der Waals surface area contributed by atoms with Crippen LogP contribution in [0.4, 0.5) is 0 Å². The van der Waals surface area contributed by atoms with Crippen molar-refractivity contribution in [1.82, 2.24) is 4.90 Å². The van der Waals surface area contributed by atoms with Gasteiger partial charge in [0.05, 0.1) is 6.04 Å². The Bertz CT molecular complexity index is 530. The molecule has 0 aromatic carbocycles. The SMILES string of the molecule is CN1CCC(C2=CCCC(C3=CCCCC3)=C2)CC1C(N)=O. The molecule has 2 N–H and O–H groups in total. The molecule has 1 amide bonds. The van der Waals surface area contributed by atoms with Gasteiger partial charge in [0.1, 0.15) is 0 Å². The van der Waals surface area contributed by atoms with Crippen molar-refractivity contribution in [3.05, 3.63) is 34.9 Å². The zero-order valence-corrected chi connectivity index (χ0v) is 13.7. The Morgan fingerprint density at radius 3 is 2.77 bits per heavy atom. The molecule has 3 aliphatic rings. The fourth-order valence-corrected chi connectivity index (χ4v) is 4.11. The second-order valence-electron chi connectivity index (χ2n) is 7.01. The van der Waals surface area contributed by atoms with E-state index in [1.165, 1.54) is 37.7 Å². The maximum Gasteiger partial charge on any atom is 0.234 e. The van der Waals surface area contributed by atoms with Crippen LogP contribution in [0.15, 0.2) is 34.9 Å². The lowest BCUT2D eigenvalue weighted by atomic mass is 9.79. The van der Waals surface area contributed by atoms with Crippen LogP contribution in [0.25, 0.3) is 0 Å². The summed E-state index contributed by atoms with van der Waals surface area (Å²) in [6.45, 7) is 0.960. The van der Waals surface area contributed by atoms with E-state index in [9.17, 15) is 4.79 Å². The largest absolute Gasteiger partial charge is 0.368 e. The zero-order chi connectivity index (χ0) is 15.5. The van der Waals surface area contributed by atoms with E-state index >= 15 is 0 Å². The molecule has 22 heavy (non-hydrogen) atoms. The molecule has 2 aliphatic carbocycles. The molecule has 2 unspecified atom stereocenters. The van der Waals surface area contributed by atoms with Crippen LogP contribution in [0, 0.1) is 5.92 Å². The van der Waals surface area contributed by atoms with Gasteiger partial charge in [-0.3, -0.25) is 9.69 Å². The van der Waals surface area contributed by atoms with Gasteiger partial charge in [-0.05, 0) is 87.6 Å². The highest BCUT2D eigenvalue weighted by atomic mass is 16.1. The first kappa shape index (κ1) is 15.5. The van der Waals surface area contributed by atoms with Crippen molar-refractivity contribution in [3.63, 3.8) is 0 Å². The highest BCUT2D eigenvalue weighted by Crippen LogP contribution is 2.36. The molecular weight excluding hydrogens is 272 g/mol. The molecule has 0 aromatic heterocycles. The van der Waals surface area contributed by atoms with E-state index in [2.05, 4.69) is 23.1 Å². The van der Waals surface area contributed by atoms with Gasteiger partial charge >= 0.3 is 0 Å². The quantitative estimate of drug-likeness (QED) is 0.869. The molecule has 3 rings (SSSR count). The molecule has 3 heteroatoms. The number of carbonyl (C=O) groups excluding carboxylic acids is 1. The number of nitrogens with two attached hydrogens (primary N) is 1. The number of hydrogen-bond donors (Lipinski definition) is 1. The summed E-state index contributed by atoms with van der Waals surface area (Å²) in [6, 6.07) is -0.104. The minimum absolute atomic E-state index is 0.104. The third-order valence-corrected chi connectivity index (χ3v) is 5.51. The fraction of sp³-hybridized carbons (Fsp3) is 0.632. The Balaban J connectivity index is 1.74. The van der Waals surface area contributed by atoms with E-state index < -0.39 is 0 Å². The Morgan fingerprint density at radius 2 is 2.05 bits per heavy atom. The van der Waals surface area contributed by atoms with Crippen LogP contribution < -0.4 is 5.73 Å². The number of rotatable bonds is 3. The first-order valence-corrected chi connectivity index (χ1v) is 8.74. The number of hydrogen-bond acceptors (Lipinski definition) is 2. The predicted octanol–water partition coefficient (Wildman–Crippen LogP) is 3.33. The Labute approximate surface area is 133 Å². The van der Waals surface area contributed by atoms with Gasteiger partial charge in [-0.15, -0.1) is 0 Å². The molecular formula is C19H28N2O. The standard InChI is InChI=1S/C19H28N2O/c1-21-11-10-17(13-18(21)19(20)22)16-9-5-8-15(12-16)14-6-3-2-4-7-14/h6,9,12,17-18H,2-5,7-8,10-11,13H2,1H3,(H2,20,22). The average molecular weight is 300 g/mol. The minimum atomic E-state index is -0.178. The number of likely N-dealkylation sites (tertiary alicyclic amines) is 1. The van der Waals surface area contributed by atoms with Crippen molar-refractivity contribution >= 4 is 5.91 Å². The number of amides is 1. The van der Waals surface area contributed by atoms with Gasteiger partial charge in [0, 0.05) is 0 Å². The summed E-state index contributed by atoms with van der Waals surface area (Å²) in [5.74, 6) is 0.316. The summed E-state index contributed by atoms with van der Waals surface area (Å²) in [5, 5.41) is 0. The Hall–Kier alpha value is -1.35. The van der Waals surface area contributed by atoms with Crippen LogP contribution in [0.2, 0.25) is 0 Å². The maximum absolute atomic E-state index is 11.6. The van der Waals surface area contributed by atoms with E-state index in [0.717, 1.165) is 25.8 Å². The summed E-state index contributed by atoms with van der Waals surface area (Å²) in [5.41, 5.74) is 10.1. The minimum Gasteiger partial charge on any atom is -0.368 e. The third kappa shape index (κ3) is 3.35. The maximum atomic E-state index is 11.6.